The van der Waals surface area contributed by atoms with Gasteiger partial charge in [0.2, 0.25) is 11.9 Å². The summed E-state index contributed by atoms with van der Waals surface area (Å²) in [5.74, 6) is 0.621. The van der Waals surface area contributed by atoms with E-state index in [9.17, 15) is 9.59 Å². The molecular formula is C17H21N9O2. The number of hydrogen-bond acceptors (Lipinski definition) is 8. The molecule has 0 radical (unpaired) electrons. The fourth-order valence-corrected chi connectivity index (χ4v) is 3.34. The van der Waals surface area contributed by atoms with Gasteiger partial charge < -0.3 is 10.6 Å². The van der Waals surface area contributed by atoms with Crippen molar-refractivity contribution in [1.82, 2.24) is 35.2 Å². The van der Waals surface area contributed by atoms with E-state index in [1.807, 2.05) is 0 Å². The van der Waals surface area contributed by atoms with E-state index < -0.39 is 11.9 Å². The second kappa shape index (κ2) is 6.75. The van der Waals surface area contributed by atoms with Crippen LogP contribution < -0.4 is 21.4 Å². The molecule has 2 aliphatic heterocycles. The molecule has 146 valence electrons. The fourth-order valence-electron chi connectivity index (χ4n) is 3.34. The highest BCUT2D eigenvalue weighted by atomic mass is 16.2. The lowest BCUT2D eigenvalue weighted by atomic mass is 10.2. The van der Waals surface area contributed by atoms with E-state index in [1.54, 1.807) is 16.8 Å². The monoisotopic (exact) mass is 383 g/mol. The maximum absolute atomic E-state index is 11.8. The average Bonchev–Trinajstić information content (AvgIpc) is 3.32. The molecule has 11 nitrogen and oxygen atoms in total. The summed E-state index contributed by atoms with van der Waals surface area (Å²) in [6, 6.07) is -0.141. The van der Waals surface area contributed by atoms with Gasteiger partial charge in [0, 0.05) is 24.7 Å². The Balaban J connectivity index is 1.52. The Morgan fingerprint density at radius 2 is 1.93 bits per heavy atom. The summed E-state index contributed by atoms with van der Waals surface area (Å²) in [6.45, 7) is 1.89. The van der Waals surface area contributed by atoms with Gasteiger partial charge in [0.05, 0.1) is 6.20 Å². The number of nitrogens with one attached hydrogen (secondary N) is 4. The van der Waals surface area contributed by atoms with Gasteiger partial charge in [-0.2, -0.15) is 19.6 Å². The number of urea groups is 1. The Labute approximate surface area is 160 Å². The molecule has 2 aromatic rings. The molecule has 0 aromatic carbocycles. The molecule has 1 saturated carbocycles. The SMILES string of the molecule is O=C1NC(=O)/C(=C/c2cnn3c(NC4CC4)nc(NN4CCCCC4)nc23)N1. The van der Waals surface area contributed by atoms with Crippen LogP contribution in [0, 0.1) is 0 Å². The van der Waals surface area contributed by atoms with Gasteiger partial charge >= 0.3 is 6.03 Å². The van der Waals surface area contributed by atoms with Gasteiger partial charge in [0.15, 0.2) is 5.65 Å². The summed E-state index contributed by atoms with van der Waals surface area (Å²) in [5, 5.41) is 14.5. The van der Waals surface area contributed by atoms with Crippen molar-refractivity contribution in [1.29, 1.82) is 0 Å². The van der Waals surface area contributed by atoms with E-state index in [2.05, 4.69) is 41.5 Å². The predicted octanol–water partition coefficient (Wildman–Crippen LogP) is 0.692. The zero-order valence-electron chi connectivity index (χ0n) is 15.2. The number of hydrazine groups is 1. The number of carbonyl (C=O) groups excluding carboxylic acids is 2. The number of fused-ring (bicyclic) bond motifs is 1. The van der Waals surface area contributed by atoms with E-state index in [0.29, 0.717) is 29.1 Å². The van der Waals surface area contributed by atoms with Crippen molar-refractivity contribution >= 4 is 35.6 Å². The molecule has 3 aliphatic rings. The molecule has 4 N–H and O–H groups in total. The first-order valence-electron chi connectivity index (χ1n) is 9.54. The molecule has 5 rings (SSSR count). The Bertz CT molecular complexity index is 972. The van der Waals surface area contributed by atoms with E-state index >= 15 is 0 Å². The van der Waals surface area contributed by atoms with Gasteiger partial charge in [-0.25, -0.2) is 9.80 Å². The second-order valence-corrected chi connectivity index (χ2v) is 7.25. The predicted molar refractivity (Wildman–Crippen MR) is 101 cm³/mol. The molecular weight excluding hydrogens is 362 g/mol. The first-order chi connectivity index (χ1) is 13.7. The number of anilines is 2. The zero-order valence-corrected chi connectivity index (χ0v) is 15.2. The van der Waals surface area contributed by atoms with Crippen LogP contribution in [0.5, 0.6) is 0 Å². The first-order valence-corrected chi connectivity index (χ1v) is 9.54. The molecule has 3 fully saturated rings. The molecule has 2 aromatic heterocycles. The van der Waals surface area contributed by atoms with Crippen LogP contribution in [-0.2, 0) is 4.79 Å². The van der Waals surface area contributed by atoms with Gasteiger partial charge in [-0.05, 0) is 31.8 Å². The van der Waals surface area contributed by atoms with Crippen LogP contribution in [0.15, 0.2) is 11.9 Å². The summed E-state index contributed by atoms with van der Waals surface area (Å²) < 4.78 is 1.63. The minimum Gasteiger partial charge on any atom is -0.351 e. The molecule has 3 amide bonds. The number of aromatic nitrogens is 4. The smallest absolute Gasteiger partial charge is 0.326 e. The fraction of sp³-hybridized carbons (Fsp3) is 0.471. The third-order valence-electron chi connectivity index (χ3n) is 4.94. The molecule has 0 unspecified atom stereocenters. The first kappa shape index (κ1) is 16.9. The summed E-state index contributed by atoms with van der Waals surface area (Å²) in [5.41, 5.74) is 4.64. The van der Waals surface area contributed by atoms with E-state index in [0.717, 1.165) is 38.8 Å². The van der Waals surface area contributed by atoms with Crippen LogP contribution in [0.3, 0.4) is 0 Å². The molecule has 28 heavy (non-hydrogen) atoms. The topological polar surface area (TPSA) is 129 Å². The summed E-state index contributed by atoms with van der Waals surface area (Å²) in [7, 11) is 0. The van der Waals surface area contributed by atoms with Crippen LogP contribution in [0.2, 0.25) is 0 Å². The summed E-state index contributed by atoms with van der Waals surface area (Å²) >= 11 is 0. The number of amides is 3. The largest absolute Gasteiger partial charge is 0.351 e. The van der Waals surface area contributed by atoms with Crippen LogP contribution in [0.1, 0.15) is 37.7 Å². The van der Waals surface area contributed by atoms with Gasteiger partial charge in [-0.3, -0.25) is 15.5 Å². The Kier molecular flexibility index (Phi) is 4.08. The standard InChI is InChI=1S/C17H21N9O2/c27-14-12(20-17(28)22-14)8-10-9-18-26-13(10)21-15(23-16(26)19-11-4-5-11)24-25-6-2-1-3-7-25/h8-9,11H,1-7H2,(H2,19,21,23,24)(H2,20,22,27,28)/b12-8-. The lowest BCUT2D eigenvalue weighted by Crippen LogP contribution is -2.35. The molecule has 4 heterocycles. The highest BCUT2D eigenvalue weighted by molar-refractivity contribution is 6.14. The second-order valence-electron chi connectivity index (χ2n) is 7.25. The van der Waals surface area contributed by atoms with Crippen LogP contribution in [0.4, 0.5) is 16.7 Å². The van der Waals surface area contributed by atoms with E-state index in [1.165, 1.54) is 6.42 Å². The maximum atomic E-state index is 11.8. The van der Waals surface area contributed by atoms with Crippen LogP contribution >= 0.6 is 0 Å². The molecule has 11 heteroatoms. The Morgan fingerprint density at radius 1 is 1.11 bits per heavy atom. The number of rotatable bonds is 5. The maximum Gasteiger partial charge on any atom is 0.326 e. The minimum absolute atomic E-state index is 0.167. The van der Waals surface area contributed by atoms with Gasteiger partial charge in [0.25, 0.3) is 5.91 Å². The summed E-state index contributed by atoms with van der Waals surface area (Å²) in [4.78, 5) is 32.4. The quantitative estimate of drug-likeness (QED) is 0.439. The number of imide groups is 1. The number of hydrogen-bond donors (Lipinski definition) is 4. The lowest BCUT2D eigenvalue weighted by Gasteiger charge is -2.26. The van der Waals surface area contributed by atoms with Crippen molar-refractivity contribution in [2.75, 3.05) is 23.8 Å². The molecule has 0 atom stereocenters. The Hall–Kier alpha value is -3.21. The number of nitrogens with zero attached hydrogens (tertiary/aromatic N) is 5. The molecule has 1 aliphatic carbocycles. The van der Waals surface area contributed by atoms with Crippen LogP contribution in [-0.4, -0.2) is 55.7 Å². The van der Waals surface area contributed by atoms with Crippen molar-refractivity contribution in [2.24, 2.45) is 0 Å². The molecule has 2 saturated heterocycles. The van der Waals surface area contributed by atoms with Gasteiger partial charge in [0.1, 0.15) is 5.70 Å². The minimum atomic E-state index is -0.536. The third-order valence-corrected chi connectivity index (χ3v) is 4.94. The molecule has 0 spiro atoms. The molecule has 0 bridgehead atoms. The van der Waals surface area contributed by atoms with E-state index in [4.69, 9.17) is 0 Å². The number of carbonyl (C=O) groups is 2. The Morgan fingerprint density at radius 3 is 2.64 bits per heavy atom. The lowest BCUT2D eigenvalue weighted by molar-refractivity contribution is -0.115. The summed E-state index contributed by atoms with van der Waals surface area (Å²) in [6.07, 6.45) is 8.90. The normalized spacial score (nSPS) is 21.8. The van der Waals surface area contributed by atoms with Gasteiger partial charge in [-0.15, -0.1) is 0 Å². The van der Waals surface area contributed by atoms with Gasteiger partial charge in [-0.1, -0.05) is 6.42 Å². The average molecular weight is 383 g/mol. The van der Waals surface area contributed by atoms with Crippen molar-refractivity contribution < 1.29 is 9.59 Å². The van der Waals surface area contributed by atoms with E-state index in [-0.39, 0.29) is 5.70 Å². The van der Waals surface area contributed by atoms with Crippen molar-refractivity contribution in [3.8, 4) is 0 Å². The zero-order chi connectivity index (χ0) is 19.1. The number of piperidine rings is 1. The van der Waals surface area contributed by atoms with Crippen molar-refractivity contribution in [3.63, 3.8) is 0 Å². The van der Waals surface area contributed by atoms with Crippen LogP contribution in [0.25, 0.3) is 11.7 Å². The third kappa shape index (κ3) is 3.36. The van der Waals surface area contributed by atoms with Crippen molar-refractivity contribution in [2.45, 2.75) is 38.1 Å². The highest BCUT2D eigenvalue weighted by Crippen LogP contribution is 2.26. The van der Waals surface area contributed by atoms with Crippen molar-refractivity contribution in [3.05, 3.63) is 17.5 Å². The highest BCUT2D eigenvalue weighted by Gasteiger charge is 2.26.